The molecule has 1 aromatic heterocycles. The van der Waals surface area contributed by atoms with Crippen molar-refractivity contribution in [2.75, 3.05) is 18.4 Å². The summed E-state index contributed by atoms with van der Waals surface area (Å²) in [6, 6.07) is 7.49. The third-order valence-corrected chi connectivity index (χ3v) is 6.02. The Labute approximate surface area is 152 Å². The summed E-state index contributed by atoms with van der Waals surface area (Å²) >= 11 is 1.58. The van der Waals surface area contributed by atoms with Gasteiger partial charge in [0.05, 0.1) is 23.5 Å². The van der Waals surface area contributed by atoms with E-state index in [9.17, 15) is 9.59 Å². The first-order valence-corrected chi connectivity index (χ1v) is 9.74. The Morgan fingerprint density at radius 2 is 1.92 bits per heavy atom. The number of hydrogen-bond donors (Lipinski definition) is 2. The fourth-order valence-corrected chi connectivity index (χ4v) is 4.61. The molecule has 1 atom stereocenters. The quantitative estimate of drug-likeness (QED) is 0.809. The first-order valence-electron chi connectivity index (χ1n) is 8.92. The fraction of sp³-hybridized carbons (Fsp3) is 0.400. The lowest BCUT2D eigenvalue weighted by Gasteiger charge is -2.22. The second-order valence-corrected chi connectivity index (χ2v) is 7.69. The van der Waals surface area contributed by atoms with Crippen LogP contribution < -0.4 is 10.2 Å². The van der Waals surface area contributed by atoms with Gasteiger partial charge in [0.15, 0.2) is 5.78 Å². The van der Waals surface area contributed by atoms with Crippen LogP contribution >= 0.6 is 11.3 Å². The summed E-state index contributed by atoms with van der Waals surface area (Å²) in [4.78, 5) is 27.9. The average Bonchev–Trinajstić information content (AvgIpc) is 2.98. The summed E-state index contributed by atoms with van der Waals surface area (Å²) in [5.74, 6) is -0.0277. The SMILES string of the molecule is CCC(=O)c1c(NC(=O)c2ccc(C)cc2)sc2c1CC[NH+](CC)C2. The number of carbonyl (C=O) groups is 2. The van der Waals surface area contributed by atoms with Crippen LogP contribution in [0.5, 0.6) is 0 Å². The number of fused-ring (bicyclic) bond motifs is 1. The van der Waals surface area contributed by atoms with E-state index in [1.165, 1.54) is 9.78 Å². The molecule has 1 aliphatic rings. The Kier molecular flexibility index (Phi) is 5.35. The van der Waals surface area contributed by atoms with Gasteiger partial charge in [0.25, 0.3) is 5.91 Å². The molecule has 0 aliphatic carbocycles. The van der Waals surface area contributed by atoms with E-state index in [-0.39, 0.29) is 11.7 Å². The van der Waals surface area contributed by atoms with Gasteiger partial charge in [-0.3, -0.25) is 9.59 Å². The van der Waals surface area contributed by atoms with Crippen molar-refractivity contribution < 1.29 is 14.5 Å². The van der Waals surface area contributed by atoms with Crippen molar-refractivity contribution in [2.45, 2.75) is 40.2 Å². The minimum absolute atomic E-state index is 0.122. The maximum absolute atomic E-state index is 12.6. The Bertz CT molecular complexity index is 793. The van der Waals surface area contributed by atoms with Crippen LogP contribution in [0.2, 0.25) is 0 Å². The van der Waals surface area contributed by atoms with Gasteiger partial charge in [0.1, 0.15) is 11.5 Å². The average molecular weight is 357 g/mol. The number of aryl methyl sites for hydroxylation is 1. The highest BCUT2D eigenvalue weighted by atomic mass is 32.1. The van der Waals surface area contributed by atoms with Gasteiger partial charge < -0.3 is 10.2 Å². The Hall–Kier alpha value is -1.98. The molecule has 1 aromatic carbocycles. The van der Waals surface area contributed by atoms with Crippen LogP contribution in [-0.4, -0.2) is 24.8 Å². The standard InChI is InChI=1S/C20H24N2O2S/c1-4-16(23)18-15-10-11-22(5-2)12-17(15)25-20(18)21-19(24)14-8-6-13(3)7-9-14/h6-9H,4-5,10-12H2,1-3H3,(H,21,24)/p+1. The van der Waals surface area contributed by atoms with Crippen molar-refractivity contribution >= 4 is 28.0 Å². The number of benzene rings is 1. The summed E-state index contributed by atoms with van der Waals surface area (Å²) in [5, 5.41) is 3.72. The van der Waals surface area contributed by atoms with Gasteiger partial charge in [-0.1, -0.05) is 24.6 Å². The van der Waals surface area contributed by atoms with E-state index in [0.717, 1.165) is 47.7 Å². The number of amides is 1. The third-order valence-electron chi connectivity index (χ3n) is 4.87. The first kappa shape index (κ1) is 17.8. The molecule has 2 heterocycles. The van der Waals surface area contributed by atoms with Gasteiger partial charge >= 0.3 is 0 Å². The predicted molar refractivity (Wildman–Crippen MR) is 102 cm³/mol. The number of ketones is 1. The summed E-state index contributed by atoms with van der Waals surface area (Å²) < 4.78 is 0. The topological polar surface area (TPSA) is 50.6 Å². The molecule has 1 unspecified atom stereocenters. The van der Waals surface area contributed by atoms with E-state index in [0.29, 0.717) is 12.0 Å². The van der Waals surface area contributed by atoms with Crippen LogP contribution in [0.3, 0.4) is 0 Å². The zero-order chi connectivity index (χ0) is 18.0. The molecule has 0 saturated heterocycles. The molecule has 25 heavy (non-hydrogen) atoms. The zero-order valence-electron chi connectivity index (χ0n) is 15.1. The van der Waals surface area contributed by atoms with Gasteiger partial charge in [0.2, 0.25) is 0 Å². The van der Waals surface area contributed by atoms with Gasteiger partial charge in [-0.05, 0) is 31.5 Å². The normalized spacial score (nSPS) is 16.4. The molecule has 4 nitrogen and oxygen atoms in total. The molecule has 0 spiro atoms. The van der Waals surface area contributed by atoms with Crippen LogP contribution in [0.15, 0.2) is 24.3 Å². The number of nitrogens with one attached hydrogen (secondary N) is 2. The second-order valence-electron chi connectivity index (χ2n) is 6.59. The van der Waals surface area contributed by atoms with Crippen molar-refractivity contribution in [3.05, 3.63) is 51.4 Å². The Balaban J connectivity index is 1.92. The lowest BCUT2D eigenvalue weighted by molar-refractivity contribution is -0.913. The Morgan fingerprint density at radius 3 is 2.56 bits per heavy atom. The Morgan fingerprint density at radius 1 is 1.20 bits per heavy atom. The van der Waals surface area contributed by atoms with Gasteiger partial charge in [-0.15, -0.1) is 11.3 Å². The molecular formula is C20H25N2O2S+. The van der Waals surface area contributed by atoms with Crippen LogP contribution in [0.4, 0.5) is 5.00 Å². The van der Waals surface area contributed by atoms with E-state index in [4.69, 9.17) is 0 Å². The number of rotatable bonds is 5. The molecule has 0 fully saturated rings. The maximum atomic E-state index is 12.6. The molecule has 132 valence electrons. The fourth-order valence-electron chi connectivity index (χ4n) is 3.28. The highest BCUT2D eigenvalue weighted by Gasteiger charge is 2.29. The minimum atomic E-state index is -0.150. The highest BCUT2D eigenvalue weighted by molar-refractivity contribution is 7.17. The molecule has 2 aromatic rings. The monoisotopic (exact) mass is 357 g/mol. The van der Waals surface area contributed by atoms with E-state index in [1.807, 2.05) is 38.1 Å². The summed E-state index contributed by atoms with van der Waals surface area (Å²) in [6.45, 7) is 9.14. The van der Waals surface area contributed by atoms with E-state index in [1.54, 1.807) is 11.3 Å². The van der Waals surface area contributed by atoms with Crippen molar-refractivity contribution in [1.82, 2.24) is 0 Å². The van der Waals surface area contributed by atoms with Gasteiger partial charge in [-0.25, -0.2) is 0 Å². The van der Waals surface area contributed by atoms with Gasteiger partial charge in [0, 0.05) is 18.4 Å². The second kappa shape index (κ2) is 7.50. The predicted octanol–water partition coefficient (Wildman–Crippen LogP) is 2.86. The molecule has 1 aliphatic heterocycles. The van der Waals surface area contributed by atoms with Crippen molar-refractivity contribution in [3.8, 4) is 0 Å². The number of likely N-dealkylation sites (N-methyl/N-ethyl adjacent to an activating group) is 1. The third kappa shape index (κ3) is 3.67. The molecule has 0 saturated carbocycles. The lowest BCUT2D eigenvalue weighted by atomic mass is 9.99. The van der Waals surface area contributed by atoms with E-state index >= 15 is 0 Å². The zero-order valence-corrected chi connectivity index (χ0v) is 15.9. The molecular weight excluding hydrogens is 332 g/mol. The number of carbonyl (C=O) groups excluding carboxylic acids is 2. The molecule has 0 bridgehead atoms. The van der Waals surface area contributed by atoms with Crippen LogP contribution in [-0.2, 0) is 13.0 Å². The van der Waals surface area contributed by atoms with Crippen LogP contribution in [0, 0.1) is 6.92 Å². The number of quaternary nitrogens is 1. The largest absolute Gasteiger partial charge is 0.330 e. The van der Waals surface area contributed by atoms with Gasteiger partial charge in [-0.2, -0.15) is 0 Å². The lowest BCUT2D eigenvalue weighted by Crippen LogP contribution is -3.11. The first-order chi connectivity index (χ1) is 12.0. The molecule has 5 heteroatoms. The van der Waals surface area contributed by atoms with Crippen molar-refractivity contribution in [2.24, 2.45) is 0 Å². The van der Waals surface area contributed by atoms with Crippen molar-refractivity contribution in [1.29, 1.82) is 0 Å². The molecule has 1 amide bonds. The molecule has 2 N–H and O–H groups in total. The number of anilines is 1. The number of thiophene rings is 1. The van der Waals surface area contributed by atoms with Crippen molar-refractivity contribution in [3.63, 3.8) is 0 Å². The smallest absolute Gasteiger partial charge is 0.256 e. The number of Topliss-reactive ketones (excluding diaryl/α,β-unsaturated/α-hetero) is 1. The number of hydrogen-bond acceptors (Lipinski definition) is 3. The molecule has 0 radical (unpaired) electrons. The highest BCUT2D eigenvalue weighted by Crippen LogP contribution is 2.35. The van der Waals surface area contributed by atoms with Crippen LogP contribution in [0.1, 0.15) is 57.0 Å². The summed E-state index contributed by atoms with van der Waals surface area (Å²) in [6.07, 6.45) is 1.37. The van der Waals surface area contributed by atoms with Crippen LogP contribution in [0.25, 0.3) is 0 Å². The maximum Gasteiger partial charge on any atom is 0.256 e. The summed E-state index contributed by atoms with van der Waals surface area (Å²) in [7, 11) is 0. The molecule has 3 rings (SSSR count). The summed E-state index contributed by atoms with van der Waals surface area (Å²) in [5.41, 5.74) is 3.65. The van der Waals surface area contributed by atoms with E-state index in [2.05, 4.69) is 12.2 Å². The van der Waals surface area contributed by atoms with E-state index < -0.39 is 0 Å². The minimum Gasteiger partial charge on any atom is -0.330 e.